The van der Waals surface area contributed by atoms with Gasteiger partial charge in [-0.15, -0.1) is 0 Å². The molecule has 0 radical (unpaired) electrons. The van der Waals surface area contributed by atoms with E-state index in [1.165, 1.54) is 0 Å². The lowest BCUT2D eigenvalue weighted by Crippen LogP contribution is -2.37. The third kappa shape index (κ3) is 8.91. The first kappa shape index (κ1) is 18.9. The standard InChI is InChI=1S/C15H28O5/c1-8-18-10-9-11(12(16)19-14(2,3)4)13(17)20-15(5,6)7/h11H,8-10H2,1-7H3. The quantitative estimate of drug-likeness (QED) is 0.427. The average molecular weight is 288 g/mol. The summed E-state index contributed by atoms with van der Waals surface area (Å²) in [4.78, 5) is 24.2. The normalized spacial score (nSPS) is 12.4. The second kappa shape index (κ2) is 7.62. The van der Waals surface area contributed by atoms with Crippen LogP contribution in [0, 0.1) is 5.92 Å². The molecule has 0 aliphatic carbocycles. The van der Waals surface area contributed by atoms with Crippen LogP contribution in [0.5, 0.6) is 0 Å². The molecule has 0 amide bonds. The third-order valence-corrected chi connectivity index (χ3v) is 2.14. The lowest BCUT2D eigenvalue weighted by atomic mass is 10.0. The van der Waals surface area contributed by atoms with Crippen LogP contribution >= 0.6 is 0 Å². The van der Waals surface area contributed by atoms with E-state index in [9.17, 15) is 9.59 Å². The molecular weight excluding hydrogens is 260 g/mol. The van der Waals surface area contributed by atoms with Crippen LogP contribution in [-0.4, -0.2) is 36.4 Å². The van der Waals surface area contributed by atoms with Crippen molar-refractivity contribution >= 4 is 11.9 Å². The molecule has 0 N–H and O–H groups in total. The van der Waals surface area contributed by atoms with Crippen molar-refractivity contribution in [2.75, 3.05) is 13.2 Å². The van der Waals surface area contributed by atoms with E-state index < -0.39 is 29.1 Å². The van der Waals surface area contributed by atoms with Gasteiger partial charge in [0.25, 0.3) is 0 Å². The van der Waals surface area contributed by atoms with Crippen LogP contribution in [0.2, 0.25) is 0 Å². The fraction of sp³-hybridized carbons (Fsp3) is 0.867. The van der Waals surface area contributed by atoms with Crippen LogP contribution < -0.4 is 0 Å². The van der Waals surface area contributed by atoms with Crippen molar-refractivity contribution in [2.45, 2.75) is 66.1 Å². The summed E-state index contributed by atoms with van der Waals surface area (Å²) in [6.45, 7) is 13.3. The lowest BCUT2D eigenvalue weighted by molar-refractivity contribution is -0.175. The van der Waals surface area contributed by atoms with E-state index in [0.717, 1.165) is 0 Å². The number of hydrogen-bond acceptors (Lipinski definition) is 5. The highest BCUT2D eigenvalue weighted by atomic mass is 16.6. The van der Waals surface area contributed by atoms with Gasteiger partial charge in [-0.2, -0.15) is 0 Å². The van der Waals surface area contributed by atoms with Crippen LogP contribution in [0.3, 0.4) is 0 Å². The van der Waals surface area contributed by atoms with Crippen molar-refractivity contribution < 1.29 is 23.8 Å². The minimum absolute atomic E-state index is 0.262. The van der Waals surface area contributed by atoms with Crippen LogP contribution in [0.4, 0.5) is 0 Å². The third-order valence-electron chi connectivity index (χ3n) is 2.14. The molecule has 20 heavy (non-hydrogen) atoms. The molecule has 0 aromatic carbocycles. The summed E-state index contributed by atoms with van der Waals surface area (Å²) >= 11 is 0. The number of carbonyl (C=O) groups excluding carboxylic acids is 2. The van der Waals surface area contributed by atoms with E-state index in [1.54, 1.807) is 41.5 Å². The summed E-state index contributed by atoms with van der Waals surface area (Å²) in [6, 6.07) is 0. The first-order valence-corrected chi connectivity index (χ1v) is 6.99. The highest BCUT2D eigenvalue weighted by molar-refractivity contribution is 5.95. The van der Waals surface area contributed by atoms with E-state index in [4.69, 9.17) is 14.2 Å². The Balaban J connectivity index is 4.79. The first-order chi connectivity index (χ1) is 8.96. The van der Waals surface area contributed by atoms with Gasteiger partial charge in [0.05, 0.1) is 0 Å². The molecule has 0 saturated heterocycles. The van der Waals surface area contributed by atoms with E-state index >= 15 is 0 Å². The van der Waals surface area contributed by atoms with Crippen molar-refractivity contribution in [3.05, 3.63) is 0 Å². The van der Waals surface area contributed by atoms with Crippen LogP contribution in [-0.2, 0) is 23.8 Å². The van der Waals surface area contributed by atoms with Gasteiger partial charge in [0.2, 0.25) is 0 Å². The Morgan fingerprint density at radius 1 is 0.900 bits per heavy atom. The zero-order valence-electron chi connectivity index (χ0n) is 13.7. The van der Waals surface area contributed by atoms with Crippen LogP contribution in [0.25, 0.3) is 0 Å². The van der Waals surface area contributed by atoms with Gasteiger partial charge in [0.1, 0.15) is 11.2 Å². The summed E-state index contributed by atoms with van der Waals surface area (Å²) < 4.78 is 15.8. The van der Waals surface area contributed by atoms with Gasteiger partial charge in [0.15, 0.2) is 5.92 Å². The van der Waals surface area contributed by atoms with Gasteiger partial charge in [-0.1, -0.05) is 0 Å². The molecule has 0 saturated carbocycles. The second-order valence-corrected chi connectivity index (χ2v) is 6.61. The fourth-order valence-electron chi connectivity index (χ4n) is 1.42. The molecule has 0 aliphatic rings. The number of hydrogen-bond donors (Lipinski definition) is 0. The molecule has 0 unspecified atom stereocenters. The Morgan fingerprint density at radius 2 is 1.30 bits per heavy atom. The number of rotatable bonds is 6. The molecular formula is C15H28O5. The largest absolute Gasteiger partial charge is 0.459 e. The molecule has 0 aliphatic heterocycles. The molecule has 0 bridgehead atoms. The maximum absolute atomic E-state index is 12.1. The smallest absolute Gasteiger partial charge is 0.320 e. The molecule has 118 valence electrons. The summed E-state index contributed by atoms with van der Waals surface area (Å²) in [5.74, 6) is -2.07. The Bertz CT molecular complexity index is 294. The lowest BCUT2D eigenvalue weighted by Gasteiger charge is -2.26. The predicted octanol–water partition coefficient (Wildman–Crippen LogP) is 2.71. The Kier molecular flexibility index (Phi) is 7.20. The monoisotopic (exact) mass is 288 g/mol. The fourth-order valence-corrected chi connectivity index (χ4v) is 1.42. The molecule has 0 fully saturated rings. The Labute approximate surface area is 122 Å². The maximum Gasteiger partial charge on any atom is 0.320 e. The topological polar surface area (TPSA) is 61.8 Å². The number of ether oxygens (including phenoxy) is 3. The van der Waals surface area contributed by atoms with Crippen molar-refractivity contribution in [3.63, 3.8) is 0 Å². The van der Waals surface area contributed by atoms with Crippen molar-refractivity contribution in [1.29, 1.82) is 0 Å². The van der Waals surface area contributed by atoms with Crippen LogP contribution in [0.1, 0.15) is 54.9 Å². The molecule has 0 rings (SSSR count). The molecule has 0 heterocycles. The van der Waals surface area contributed by atoms with E-state index in [2.05, 4.69) is 0 Å². The van der Waals surface area contributed by atoms with E-state index in [1.807, 2.05) is 6.92 Å². The SMILES string of the molecule is CCOCCC(C(=O)OC(C)(C)C)C(=O)OC(C)(C)C. The number of esters is 2. The Hall–Kier alpha value is -1.10. The van der Waals surface area contributed by atoms with Gasteiger partial charge in [-0.25, -0.2) is 0 Å². The van der Waals surface area contributed by atoms with Gasteiger partial charge in [-0.05, 0) is 54.9 Å². The van der Waals surface area contributed by atoms with Crippen molar-refractivity contribution in [1.82, 2.24) is 0 Å². The summed E-state index contributed by atoms with van der Waals surface area (Å²) in [7, 11) is 0. The second-order valence-electron chi connectivity index (χ2n) is 6.61. The predicted molar refractivity (Wildman–Crippen MR) is 76.3 cm³/mol. The Morgan fingerprint density at radius 3 is 1.60 bits per heavy atom. The van der Waals surface area contributed by atoms with Crippen LogP contribution in [0.15, 0.2) is 0 Å². The summed E-state index contributed by atoms with van der Waals surface area (Å²) in [5.41, 5.74) is -1.27. The maximum atomic E-state index is 12.1. The molecule has 5 nitrogen and oxygen atoms in total. The average Bonchev–Trinajstić information content (AvgIpc) is 2.18. The minimum atomic E-state index is -0.944. The molecule has 0 atom stereocenters. The highest BCUT2D eigenvalue weighted by Gasteiger charge is 2.34. The van der Waals surface area contributed by atoms with Crippen molar-refractivity contribution in [3.8, 4) is 0 Å². The number of carbonyl (C=O) groups is 2. The van der Waals surface area contributed by atoms with E-state index in [-0.39, 0.29) is 6.42 Å². The molecule has 5 heteroatoms. The summed E-state index contributed by atoms with van der Waals surface area (Å²) in [6.07, 6.45) is 0.262. The van der Waals surface area contributed by atoms with E-state index in [0.29, 0.717) is 13.2 Å². The zero-order valence-corrected chi connectivity index (χ0v) is 13.7. The minimum Gasteiger partial charge on any atom is -0.459 e. The zero-order chi connectivity index (χ0) is 16.0. The van der Waals surface area contributed by atoms with Crippen molar-refractivity contribution in [2.24, 2.45) is 5.92 Å². The van der Waals surface area contributed by atoms with Gasteiger partial charge < -0.3 is 14.2 Å². The van der Waals surface area contributed by atoms with Gasteiger partial charge in [-0.3, -0.25) is 9.59 Å². The first-order valence-electron chi connectivity index (χ1n) is 6.99. The van der Waals surface area contributed by atoms with Gasteiger partial charge in [0, 0.05) is 13.2 Å². The molecule has 0 aromatic rings. The molecule has 0 aromatic heterocycles. The van der Waals surface area contributed by atoms with Gasteiger partial charge >= 0.3 is 11.9 Å². The summed E-state index contributed by atoms with van der Waals surface area (Å²) in [5, 5.41) is 0. The molecule has 0 spiro atoms. The highest BCUT2D eigenvalue weighted by Crippen LogP contribution is 2.18.